The molecule has 0 bridgehead atoms. The van der Waals surface area contributed by atoms with Crippen LogP contribution >= 0.6 is 0 Å². The van der Waals surface area contributed by atoms with Gasteiger partial charge in [-0.05, 0) is 25.2 Å². The molecule has 3 atom stereocenters. The lowest BCUT2D eigenvalue weighted by atomic mass is 10.00. The molecule has 0 aromatic rings. The van der Waals surface area contributed by atoms with Gasteiger partial charge in [0.2, 0.25) is 5.91 Å². The molecular formula is C13H24N2O. The van der Waals surface area contributed by atoms with E-state index in [4.69, 9.17) is 0 Å². The smallest absolute Gasteiger partial charge is 0.219 e. The van der Waals surface area contributed by atoms with E-state index in [9.17, 15) is 4.79 Å². The van der Waals surface area contributed by atoms with E-state index in [2.05, 4.69) is 12.2 Å². The van der Waals surface area contributed by atoms with Gasteiger partial charge in [-0.3, -0.25) is 4.79 Å². The Hall–Kier alpha value is -0.570. The normalized spacial score (nSPS) is 34.6. The van der Waals surface area contributed by atoms with E-state index in [1.165, 1.54) is 25.7 Å². The fourth-order valence-electron chi connectivity index (χ4n) is 3.23. The van der Waals surface area contributed by atoms with E-state index >= 15 is 0 Å². The van der Waals surface area contributed by atoms with Gasteiger partial charge in [0.15, 0.2) is 0 Å². The van der Waals surface area contributed by atoms with Crippen LogP contribution < -0.4 is 5.32 Å². The largest absolute Gasteiger partial charge is 0.341 e. The average molecular weight is 224 g/mol. The highest BCUT2D eigenvalue weighted by Crippen LogP contribution is 2.29. The van der Waals surface area contributed by atoms with Crippen molar-refractivity contribution in [2.45, 2.75) is 58.0 Å². The molecule has 2 rings (SSSR count). The van der Waals surface area contributed by atoms with Crippen LogP contribution in [0, 0.1) is 5.92 Å². The Balaban J connectivity index is 1.80. The predicted molar refractivity (Wildman–Crippen MR) is 65.2 cm³/mol. The maximum absolute atomic E-state index is 11.2. The number of carbonyl (C=O) groups is 1. The van der Waals surface area contributed by atoms with Crippen molar-refractivity contribution in [1.82, 2.24) is 10.2 Å². The van der Waals surface area contributed by atoms with E-state index in [0.717, 1.165) is 25.4 Å². The third kappa shape index (κ3) is 2.57. The zero-order valence-corrected chi connectivity index (χ0v) is 10.5. The van der Waals surface area contributed by atoms with Crippen molar-refractivity contribution >= 4 is 5.91 Å². The monoisotopic (exact) mass is 224 g/mol. The maximum atomic E-state index is 11.2. The molecule has 2 aliphatic rings. The highest BCUT2D eigenvalue weighted by Gasteiger charge is 2.31. The number of amides is 1. The zero-order chi connectivity index (χ0) is 11.5. The first-order chi connectivity index (χ1) is 7.70. The molecule has 0 radical (unpaired) electrons. The number of likely N-dealkylation sites (tertiary alicyclic amines) is 1. The van der Waals surface area contributed by atoms with Crippen LogP contribution in [0.15, 0.2) is 0 Å². The van der Waals surface area contributed by atoms with E-state index in [0.29, 0.717) is 12.1 Å². The first-order valence-corrected chi connectivity index (χ1v) is 6.72. The van der Waals surface area contributed by atoms with Gasteiger partial charge in [0.25, 0.3) is 0 Å². The highest BCUT2D eigenvalue weighted by atomic mass is 16.2. The standard InChI is InChI=1S/C13H24N2O/c1-3-11-5-4-6-13(11)14-12-7-8-15(9-12)10(2)16/h11-14H,3-9H2,1-2H3. The molecule has 1 aliphatic heterocycles. The highest BCUT2D eigenvalue weighted by molar-refractivity contribution is 5.73. The Labute approximate surface area is 98.6 Å². The second-order valence-corrected chi connectivity index (χ2v) is 5.32. The summed E-state index contributed by atoms with van der Waals surface area (Å²) in [5.74, 6) is 1.09. The summed E-state index contributed by atoms with van der Waals surface area (Å²) in [4.78, 5) is 13.2. The quantitative estimate of drug-likeness (QED) is 0.792. The fourth-order valence-corrected chi connectivity index (χ4v) is 3.23. The molecule has 3 unspecified atom stereocenters. The summed E-state index contributed by atoms with van der Waals surface area (Å²) in [6.07, 6.45) is 6.51. The maximum Gasteiger partial charge on any atom is 0.219 e. The Morgan fingerprint density at radius 1 is 1.38 bits per heavy atom. The second kappa shape index (κ2) is 5.17. The SMILES string of the molecule is CCC1CCCC1NC1CCN(C(C)=O)C1. The van der Waals surface area contributed by atoms with Gasteiger partial charge >= 0.3 is 0 Å². The van der Waals surface area contributed by atoms with E-state index in [1.807, 2.05) is 4.90 Å². The Kier molecular flexibility index (Phi) is 3.85. The molecule has 0 spiro atoms. The summed E-state index contributed by atoms with van der Waals surface area (Å²) in [6.45, 7) is 5.83. The first kappa shape index (κ1) is 11.9. The summed E-state index contributed by atoms with van der Waals surface area (Å²) in [7, 11) is 0. The van der Waals surface area contributed by atoms with Gasteiger partial charge in [0.1, 0.15) is 0 Å². The van der Waals surface area contributed by atoms with Crippen LogP contribution in [0.5, 0.6) is 0 Å². The number of carbonyl (C=O) groups excluding carboxylic acids is 1. The third-order valence-electron chi connectivity index (χ3n) is 4.27. The third-order valence-corrected chi connectivity index (χ3v) is 4.27. The molecule has 1 N–H and O–H groups in total. The van der Waals surface area contributed by atoms with Gasteiger partial charge in [-0.1, -0.05) is 19.8 Å². The lowest BCUT2D eigenvalue weighted by Gasteiger charge is -2.24. The van der Waals surface area contributed by atoms with Crippen LogP contribution in [0.4, 0.5) is 0 Å². The van der Waals surface area contributed by atoms with Crippen LogP contribution in [0.25, 0.3) is 0 Å². The number of hydrogen-bond donors (Lipinski definition) is 1. The molecule has 1 saturated heterocycles. The summed E-state index contributed by atoms with van der Waals surface area (Å²) >= 11 is 0. The molecule has 16 heavy (non-hydrogen) atoms. The van der Waals surface area contributed by atoms with Crippen molar-refractivity contribution in [1.29, 1.82) is 0 Å². The lowest BCUT2D eigenvalue weighted by molar-refractivity contribution is -0.127. The van der Waals surface area contributed by atoms with E-state index in [-0.39, 0.29) is 5.91 Å². The van der Waals surface area contributed by atoms with E-state index in [1.54, 1.807) is 6.92 Å². The topological polar surface area (TPSA) is 32.3 Å². The molecular weight excluding hydrogens is 200 g/mol. The summed E-state index contributed by atoms with van der Waals surface area (Å²) in [5, 5.41) is 3.77. The van der Waals surface area contributed by atoms with Crippen molar-refractivity contribution in [2.75, 3.05) is 13.1 Å². The molecule has 1 amide bonds. The Morgan fingerprint density at radius 3 is 2.81 bits per heavy atom. The van der Waals surface area contributed by atoms with Crippen molar-refractivity contribution in [3.8, 4) is 0 Å². The molecule has 92 valence electrons. The lowest BCUT2D eigenvalue weighted by Crippen LogP contribution is -2.42. The molecule has 2 fully saturated rings. The first-order valence-electron chi connectivity index (χ1n) is 6.72. The number of nitrogens with zero attached hydrogens (tertiary/aromatic N) is 1. The number of rotatable bonds is 3. The molecule has 3 heteroatoms. The minimum Gasteiger partial charge on any atom is -0.341 e. The second-order valence-electron chi connectivity index (χ2n) is 5.32. The summed E-state index contributed by atoms with van der Waals surface area (Å²) < 4.78 is 0. The average Bonchev–Trinajstić information content (AvgIpc) is 2.87. The van der Waals surface area contributed by atoms with Gasteiger partial charge in [-0.25, -0.2) is 0 Å². The molecule has 1 aliphatic carbocycles. The van der Waals surface area contributed by atoms with Crippen molar-refractivity contribution in [3.05, 3.63) is 0 Å². The number of nitrogens with one attached hydrogen (secondary N) is 1. The van der Waals surface area contributed by atoms with Crippen LogP contribution in [0.3, 0.4) is 0 Å². The summed E-state index contributed by atoms with van der Waals surface area (Å²) in [5.41, 5.74) is 0. The minimum atomic E-state index is 0.225. The Bertz CT molecular complexity index is 254. The number of hydrogen-bond acceptors (Lipinski definition) is 2. The van der Waals surface area contributed by atoms with Gasteiger partial charge in [0, 0.05) is 32.1 Å². The summed E-state index contributed by atoms with van der Waals surface area (Å²) in [6, 6.07) is 1.25. The van der Waals surface area contributed by atoms with Gasteiger partial charge < -0.3 is 10.2 Å². The van der Waals surface area contributed by atoms with Crippen LogP contribution in [0.2, 0.25) is 0 Å². The van der Waals surface area contributed by atoms with Gasteiger partial charge in [0.05, 0.1) is 0 Å². The fraction of sp³-hybridized carbons (Fsp3) is 0.923. The van der Waals surface area contributed by atoms with E-state index < -0.39 is 0 Å². The van der Waals surface area contributed by atoms with Crippen molar-refractivity contribution < 1.29 is 4.79 Å². The van der Waals surface area contributed by atoms with Crippen LogP contribution in [0.1, 0.15) is 46.0 Å². The molecule has 1 heterocycles. The van der Waals surface area contributed by atoms with Crippen molar-refractivity contribution in [3.63, 3.8) is 0 Å². The van der Waals surface area contributed by atoms with Crippen molar-refractivity contribution in [2.24, 2.45) is 5.92 Å². The van der Waals surface area contributed by atoms with Gasteiger partial charge in [-0.15, -0.1) is 0 Å². The molecule has 0 aromatic carbocycles. The predicted octanol–water partition coefficient (Wildman–Crippen LogP) is 1.78. The molecule has 3 nitrogen and oxygen atoms in total. The molecule has 1 saturated carbocycles. The zero-order valence-electron chi connectivity index (χ0n) is 10.5. The Morgan fingerprint density at radius 2 is 2.19 bits per heavy atom. The van der Waals surface area contributed by atoms with Crippen LogP contribution in [-0.2, 0) is 4.79 Å². The van der Waals surface area contributed by atoms with Crippen LogP contribution in [-0.4, -0.2) is 36.0 Å². The van der Waals surface area contributed by atoms with Gasteiger partial charge in [-0.2, -0.15) is 0 Å². The molecule has 0 aromatic heterocycles. The minimum absolute atomic E-state index is 0.225.